The average Bonchev–Trinajstić information content (AvgIpc) is 2.47. The van der Waals surface area contributed by atoms with Gasteiger partial charge in [0.1, 0.15) is 5.75 Å². The maximum absolute atomic E-state index is 12.2. The van der Waals surface area contributed by atoms with Crippen molar-refractivity contribution >= 4 is 18.1 Å². The molecular formula is C16H12O5. The molecule has 0 aliphatic carbocycles. The van der Waals surface area contributed by atoms with Gasteiger partial charge in [-0.1, -0.05) is 24.3 Å². The fraction of sp³-hybridized carbons (Fsp3) is 0.0625. The number of methoxy groups -OCH3 is 1. The smallest absolute Gasteiger partial charge is 0.344 e. The first-order valence-electron chi connectivity index (χ1n) is 6.24. The Kier molecular flexibility index (Phi) is 3.02. The third-order valence-corrected chi connectivity index (χ3v) is 3.25. The van der Waals surface area contributed by atoms with Crippen LogP contribution in [0.15, 0.2) is 30.3 Å². The third-order valence-electron chi connectivity index (χ3n) is 3.25. The summed E-state index contributed by atoms with van der Waals surface area (Å²) in [5.41, 5.74) is 1.20. The van der Waals surface area contributed by atoms with Crippen LogP contribution in [0, 0.1) is 0 Å². The van der Waals surface area contributed by atoms with Gasteiger partial charge in [0.15, 0.2) is 11.5 Å². The number of esters is 1. The quantitative estimate of drug-likeness (QED) is 0.478. The summed E-state index contributed by atoms with van der Waals surface area (Å²) in [6.45, 7) is 0. The van der Waals surface area contributed by atoms with Crippen LogP contribution < -0.4 is 9.47 Å². The molecule has 1 heterocycles. The number of carbonyl (C=O) groups excluding carboxylic acids is 1. The number of benzene rings is 2. The molecule has 0 amide bonds. The third kappa shape index (κ3) is 2.08. The molecule has 0 saturated carbocycles. The Balaban J connectivity index is 2.27. The van der Waals surface area contributed by atoms with Crippen molar-refractivity contribution in [3.63, 3.8) is 0 Å². The molecule has 5 nitrogen and oxygen atoms in total. The van der Waals surface area contributed by atoms with Gasteiger partial charge in [0.2, 0.25) is 5.75 Å². The van der Waals surface area contributed by atoms with Crippen LogP contribution in [-0.2, 0) is 0 Å². The number of rotatable bonds is 1. The summed E-state index contributed by atoms with van der Waals surface area (Å²) in [7, 11) is 1.35. The van der Waals surface area contributed by atoms with Gasteiger partial charge >= 0.3 is 5.97 Å². The Bertz CT molecular complexity index is 762. The van der Waals surface area contributed by atoms with E-state index in [-0.39, 0.29) is 11.3 Å². The Morgan fingerprint density at radius 1 is 1.14 bits per heavy atom. The molecule has 5 heteroatoms. The van der Waals surface area contributed by atoms with Gasteiger partial charge in [-0.25, -0.2) is 4.79 Å². The molecule has 0 bridgehead atoms. The van der Waals surface area contributed by atoms with E-state index in [0.717, 1.165) is 11.6 Å². The van der Waals surface area contributed by atoms with Crippen LogP contribution in [0.4, 0.5) is 0 Å². The van der Waals surface area contributed by atoms with Crippen LogP contribution in [0.25, 0.3) is 12.2 Å². The number of carbonyl (C=O) groups is 1. The molecule has 1 aliphatic rings. The topological polar surface area (TPSA) is 76.0 Å². The van der Waals surface area contributed by atoms with E-state index >= 15 is 0 Å². The second-order valence-corrected chi connectivity index (χ2v) is 4.50. The first-order valence-corrected chi connectivity index (χ1v) is 6.24. The minimum atomic E-state index is -0.629. The lowest BCUT2D eigenvalue weighted by Crippen LogP contribution is -2.13. The summed E-state index contributed by atoms with van der Waals surface area (Å²) in [5.74, 6) is -1.03. The van der Waals surface area contributed by atoms with E-state index < -0.39 is 17.5 Å². The van der Waals surface area contributed by atoms with Crippen LogP contribution >= 0.6 is 0 Å². The maximum atomic E-state index is 12.2. The predicted molar refractivity (Wildman–Crippen MR) is 76.7 cm³/mol. The highest BCUT2D eigenvalue weighted by Gasteiger charge is 2.24. The summed E-state index contributed by atoms with van der Waals surface area (Å²) in [5, 5.41) is 19.5. The molecule has 0 saturated heterocycles. The molecule has 0 radical (unpaired) electrons. The SMILES string of the molecule is COc1c(O)c(O)cc2c1C=Cc1ccccc1OC2=O. The zero-order valence-corrected chi connectivity index (χ0v) is 11.2. The van der Waals surface area contributed by atoms with Crippen molar-refractivity contribution < 1.29 is 24.5 Å². The highest BCUT2D eigenvalue weighted by molar-refractivity contribution is 6.00. The minimum Gasteiger partial charge on any atom is -0.504 e. The van der Waals surface area contributed by atoms with E-state index in [9.17, 15) is 15.0 Å². The second kappa shape index (κ2) is 4.86. The highest BCUT2D eigenvalue weighted by atomic mass is 16.5. The molecule has 1 aliphatic heterocycles. The summed E-state index contributed by atoms with van der Waals surface area (Å²) < 4.78 is 10.4. The highest BCUT2D eigenvalue weighted by Crippen LogP contribution is 2.42. The van der Waals surface area contributed by atoms with E-state index in [1.54, 1.807) is 30.4 Å². The summed E-state index contributed by atoms with van der Waals surface area (Å²) in [4.78, 5) is 12.2. The van der Waals surface area contributed by atoms with E-state index in [4.69, 9.17) is 9.47 Å². The van der Waals surface area contributed by atoms with Gasteiger partial charge in [-0.15, -0.1) is 0 Å². The van der Waals surface area contributed by atoms with Gasteiger partial charge in [-0.05, 0) is 18.2 Å². The second-order valence-electron chi connectivity index (χ2n) is 4.50. The number of fused-ring (bicyclic) bond motifs is 2. The normalized spacial score (nSPS) is 12.7. The van der Waals surface area contributed by atoms with Crippen LogP contribution in [-0.4, -0.2) is 23.3 Å². The van der Waals surface area contributed by atoms with E-state index in [2.05, 4.69) is 0 Å². The van der Waals surface area contributed by atoms with Crippen LogP contribution in [0.5, 0.6) is 23.0 Å². The van der Waals surface area contributed by atoms with Crippen molar-refractivity contribution in [2.75, 3.05) is 7.11 Å². The van der Waals surface area contributed by atoms with Gasteiger partial charge in [-0.2, -0.15) is 0 Å². The summed E-state index contributed by atoms with van der Waals surface area (Å²) >= 11 is 0. The number of hydrogen-bond acceptors (Lipinski definition) is 5. The van der Waals surface area contributed by atoms with Crippen molar-refractivity contribution in [2.45, 2.75) is 0 Å². The molecular weight excluding hydrogens is 272 g/mol. The minimum absolute atomic E-state index is 0.0255. The predicted octanol–water partition coefficient (Wildman–Crippen LogP) is 2.81. The summed E-state index contributed by atoms with van der Waals surface area (Å²) in [6.07, 6.45) is 3.40. The summed E-state index contributed by atoms with van der Waals surface area (Å²) in [6, 6.07) is 8.23. The van der Waals surface area contributed by atoms with Gasteiger partial charge in [0.25, 0.3) is 0 Å². The fourth-order valence-corrected chi connectivity index (χ4v) is 2.23. The van der Waals surface area contributed by atoms with E-state index in [1.807, 2.05) is 6.07 Å². The molecule has 0 unspecified atom stereocenters. The van der Waals surface area contributed by atoms with Gasteiger partial charge in [-0.3, -0.25) is 0 Å². The standard InChI is InChI=1S/C16H12O5/c1-20-15-10-7-6-9-4-2-3-5-13(9)21-16(19)11(10)8-12(17)14(15)18/h2-8,17-18H,1H3. The lowest BCUT2D eigenvalue weighted by Gasteiger charge is -2.16. The number of phenolic OH excluding ortho intramolecular Hbond substituents is 2. The molecule has 2 aromatic carbocycles. The van der Waals surface area contributed by atoms with Crippen molar-refractivity contribution in [1.29, 1.82) is 0 Å². The molecule has 0 fully saturated rings. The molecule has 3 rings (SSSR count). The van der Waals surface area contributed by atoms with Gasteiger partial charge < -0.3 is 19.7 Å². The number of para-hydroxylation sites is 1. The molecule has 106 valence electrons. The molecule has 0 atom stereocenters. The average molecular weight is 284 g/mol. The number of aromatic hydroxyl groups is 2. The van der Waals surface area contributed by atoms with E-state index in [0.29, 0.717) is 11.3 Å². The largest absolute Gasteiger partial charge is 0.504 e. The zero-order valence-electron chi connectivity index (χ0n) is 11.2. The number of hydrogen-bond donors (Lipinski definition) is 2. The zero-order chi connectivity index (χ0) is 15.0. The Morgan fingerprint density at radius 3 is 2.67 bits per heavy atom. The molecule has 2 N–H and O–H groups in total. The van der Waals surface area contributed by atoms with Crippen LogP contribution in [0.1, 0.15) is 21.5 Å². The number of phenols is 2. The first-order chi connectivity index (χ1) is 10.1. The molecule has 0 spiro atoms. The molecule has 21 heavy (non-hydrogen) atoms. The number of ether oxygens (including phenoxy) is 2. The van der Waals surface area contributed by atoms with Crippen molar-refractivity contribution in [3.8, 4) is 23.0 Å². The lowest BCUT2D eigenvalue weighted by atomic mass is 10.0. The van der Waals surface area contributed by atoms with E-state index in [1.165, 1.54) is 7.11 Å². The van der Waals surface area contributed by atoms with Crippen molar-refractivity contribution in [3.05, 3.63) is 47.0 Å². The maximum Gasteiger partial charge on any atom is 0.344 e. The molecule has 0 aromatic heterocycles. The Hall–Kier alpha value is -2.95. The fourth-order valence-electron chi connectivity index (χ4n) is 2.23. The molecule has 2 aromatic rings. The van der Waals surface area contributed by atoms with Gasteiger partial charge in [0.05, 0.1) is 12.7 Å². The van der Waals surface area contributed by atoms with Crippen molar-refractivity contribution in [2.24, 2.45) is 0 Å². The first kappa shape index (κ1) is 13.1. The van der Waals surface area contributed by atoms with Gasteiger partial charge in [0, 0.05) is 11.1 Å². The van der Waals surface area contributed by atoms with Crippen LogP contribution in [0.3, 0.4) is 0 Å². The monoisotopic (exact) mass is 284 g/mol. The Labute approximate surface area is 120 Å². The lowest BCUT2D eigenvalue weighted by molar-refractivity contribution is 0.0733. The Morgan fingerprint density at radius 2 is 1.90 bits per heavy atom. The van der Waals surface area contributed by atoms with Crippen LogP contribution in [0.2, 0.25) is 0 Å². The van der Waals surface area contributed by atoms with Crippen molar-refractivity contribution in [1.82, 2.24) is 0 Å².